The first-order valence-electron chi connectivity index (χ1n) is 7.68. The standard InChI is InChI=1S/C17H16ClN3O4S/c18-12-3-9-15(10-4-12)25-11-1-2-16(22)20-17(26)19-13-5-7-14(8-6-13)21(23)24/h3-10H,1-2,11H2,(H2,19,20,22,26). The fourth-order valence-electron chi connectivity index (χ4n) is 1.97. The van der Waals surface area contributed by atoms with Crippen molar-refractivity contribution in [2.24, 2.45) is 0 Å². The zero-order valence-electron chi connectivity index (χ0n) is 13.6. The molecular weight excluding hydrogens is 378 g/mol. The molecule has 0 unspecified atom stereocenters. The molecule has 136 valence electrons. The second-order valence-corrected chi connectivity index (χ2v) is 6.06. The lowest BCUT2D eigenvalue weighted by molar-refractivity contribution is -0.384. The van der Waals surface area contributed by atoms with Crippen molar-refractivity contribution >= 4 is 46.2 Å². The highest BCUT2D eigenvalue weighted by Gasteiger charge is 2.07. The number of non-ortho nitro benzene ring substituents is 1. The lowest BCUT2D eigenvalue weighted by Gasteiger charge is -2.10. The molecule has 0 fully saturated rings. The molecule has 0 aliphatic rings. The SMILES string of the molecule is O=C(CCCOc1ccc(Cl)cc1)NC(=S)Nc1ccc([N+](=O)[O-])cc1. The number of hydrogen-bond acceptors (Lipinski definition) is 5. The van der Waals surface area contributed by atoms with Crippen LogP contribution in [0, 0.1) is 10.1 Å². The molecule has 0 radical (unpaired) electrons. The van der Waals surface area contributed by atoms with E-state index in [1.54, 1.807) is 24.3 Å². The minimum Gasteiger partial charge on any atom is -0.494 e. The van der Waals surface area contributed by atoms with Crippen LogP contribution >= 0.6 is 23.8 Å². The van der Waals surface area contributed by atoms with Gasteiger partial charge >= 0.3 is 0 Å². The predicted molar refractivity (Wildman–Crippen MR) is 104 cm³/mol. The van der Waals surface area contributed by atoms with Gasteiger partial charge in [-0.1, -0.05) is 11.6 Å². The smallest absolute Gasteiger partial charge is 0.269 e. The Labute approximate surface area is 160 Å². The van der Waals surface area contributed by atoms with Crippen LogP contribution in [0.5, 0.6) is 5.75 Å². The number of anilines is 1. The van der Waals surface area contributed by atoms with E-state index in [0.717, 1.165) is 0 Å². The van der Waals surface area contributed by atoms with E-state index in [-0.39, 0.29) is 23.1 Å². The van der Waals surface area contributed by atoms with Crippen molar-refractivity contribution in [2.75, 3.05) is 11.9 Å². The maximum absolute atomic E-state index is 11.8. The van der Waals surface area contributed by atoms with Crippen molar-refractivity contribution in [3.8, 4) is 5.75 Å². The molecule has 2 aromatic carbocycles. The summed E-state index contributed by atoms with van der Waals surface area (Å²) in [6, 6.07) is 12.7. The van der Waals surface area contributed by atoms with Crippen LogP contribution < -0.4 is 15.4 Å². The van der Waals surface area contributed by atoms with E-state index in [1.807, 2.05) is 0 Å². The van der Waals surface area contributed by atoms with Gasteiger partial charge in [-0.05, 0) is 55.0 Å². The van der Waals surface area contributed by atoms with E-state index in [1.165, 1.54) is 24.3 Å². The summed E-state index contributed by atoms with van der Waals surface area (Å²) in [5.41, 5.74) is 0.526. The molecule has 2 rings (SSSR count). The number of halogens is 1. The first-order chi connectivity index (χ1) is 12.4. The molecule has 2 N–H and O–H groups in total. The molecule has 0 aliphatic carbocycles. The molecule has 2 aromatic rings. The molecule has 0 heterocycles. The van der Waals surface area contributed by atoms with Crippen LogP contribution in [0.4, 0.5) is 11.4 Å². The van der Waals surface area contributed by atoms with Gasteiger partial charge in [-0.15, -0.1) is 0 Å². The minimum atomic E-state index is -0.490. The van der Waals surface area contributed by atoms with Crippen molar-refractivity contribution in [1.29, 1.82) is 0 Å². The van der Waals surface area contributed by atoms with Gasteiger partial charge in [-0.2, -0.15) is 0 Å². The van der Waals surface area contributed by atoms with Crippen LogP contribution in [0.1, 0.15) is 12.8 Å². The number of carbonyl (C=O) groups is 1. The molecule has 7 nitrogen and oxygen atoms in total. The Morgan fingerprint density at radius 1 is 1.15 bits per heavy atom. The van der Waals surface area contributed by atoms with Gasteiger partial charge in [0.05, 0.1) is 11.5 Å². The fourth-order valence-corrected chi connectivity index (χ4v) is 2.33. The number of amides is 1. The largest absolute Gasteiger partial charge is 0.494 e. The van der Waals surface area contributed by atoms with E-state index in [4.69, 9.17) is 28.6 Å². The number of hydrogen-bond donors (Lipinski definition) is 2. The van der Waals surface area contributed by atoms with E-state index >= 15 is 0 Å². The van der Waals surface area contributed by atoms with E-state index in [9.17, 15) is 14.9 Å². The number of thiocarbonyl (C=S) groups is 1. The molecule has 26 heavy (non-hydrogen) atoms. The van der Waals surface area contributed by atoms with Crippen LogP contribution in [0.3, 0.4) is 0 Å². The van der Waals surface area contributed by atoms with Crippen molar-refractivity contribution in [1.82, 2.24) is 5.32 Å². The van der Waals surface area contributed by atoms with Crippen LogP contribution in [0.25, 0.3) is 0 Å². The maximum Gasteiger partial charge on any atom is 0.269 e. The topological polar surface area (TPSA) is 93.5 Å². The fraction of sp³-hybridized carbons (Fsp3) is 0.176. The molecule has 0 spiro atoms. The number of nitrogens with one attached hydrogen (secondary N) is 2. The summed E-state index contributed by atoms with van der Waals surface area (Å²) in [7, 11) is 0. The summed E-state index contributed by atoms with van der Waals surface area (Å²) in [5, 5.41) is 16.7. The molecule has 0 saturated heterocycles. The second-order valence-electron chi connectivity index (χ2n) is 5.21. The molecule has 0 atom stereocenters. The summed E-state index contributed by atoms with van der Waals surface area (Å²) in [6.07, 6.45) is 0.768. The quantitative estimate of drug-likeness (QED) is 0.320. The summed E-state index contributed by atoms with van der Waals surface area (Å²) in [4.78, 5) is 21.9. The van der Waals surface area contributed by atoms with Crippen molar-refractivity contribution in [3.63, 3.8) is 0 Å². The number of ether oxygens (including phenoxy) is 1. The number of carbonyl (C=O) groups excluding carboxylic acids is 1. The number of nitro benzene ring substituents is 1. The number of nitro groups is 1. The average molecular weight is 394 g/mol. The Morgan fingerprint density at radius 3 is 2.42 bits per heavy atom. The summed E-state index contributed by atoms with van der Waals surface area (Å²) >= 11 is 10.8. The zero-order chi connectivity index (χ0) is 18.9. The summed E-state index contributed by atoms with van der Waals surface area (Å²) < 4.78 is 5.50. The molecule has 0 saturated carbocycles. The number of nitrogens with zero attached hydrogens (tertiary/aromatic N) is 1. The van der Waals surface area contributed by atoms with Crippen LogP contribution in [-0.2, 0) is 4.79 Å². The van der Waals surface area contributed by atoms with Crippen molar-refractivity contribution in [2.45, 2.75) is 12.8 Å². The van der Waals surface area contributed by atoms with Crippen LogP contribution in [0.15, 0.2) is 48.5 Å². The Bertz CT molecular complexity index is 782. The lowest BCUT2D eigenvalue weighted by Crippen LogP contribution is -2.34. The van der Waals surface area contributed by atoms with E-state index in [0.29, 0.717) is 29.5 Å². The average Bonchev–Trinajstić information content (AvgIpc) is 2.60. The highest BCUT2D eigenvalue weighted by molar-refractivity contribution is 7.80. The van der Waals surface area contributed by atoms with Gasteiger partial charge in [-0.3, -0.25) is 14.9 Å². The lowest BCUT2D eigenvalue weighted by atomic mass is 10.3. The third kappa shape index (κ3) is 6.66. The van der Waals surface area contributed by atoms with Crippen LogP contribution in [0.2, 0.25) is 5.02 Å². The first-order valence-corrected chi connectivity index (χ1v) is 8.46. The van der Waals surface area contributed by atoms with E-state index in [2.05, 4.69) is 10.6 Å². The molecule has 0 bridgehead atoms. The van der Waals surface area contributed by atoms with Gasteiger partial charge in [-0.25, -0.2) is 0 Å². The normalized spacial score (nSPS) is 10.0. The summed E-state index contributed by atoms with van der Waals surface area (Å²) in [6.45, 7) is 0.387. The molecule has 0 aliphatic heterocycles. The zero-order valence-corrected chi connectivity index (χ0v) is 15.2. The van der Waals surface area contributed by atoms with Gasteiger partial charge in [0.25, 0.3) is 5.69 Å². The molecule has 0 aromatic heterocycles. The number of rotatable bonds is 7. The second kappa shape index (κ2) is 9.69. The third-order valence-electron chi connectivity index (χ3n) is 3.22. The Hall–Kier alpha value is -2.71. The van der Waals surface area contributed by atoms with Gasteiger partial charge < -0.3 is 15.4 Å². The molecule has 1 amide bonds. The van der Waals surface area contributed by atoms with Gasteiger partial charge in [0, 0.05) is 29.3 Å². The third-order valence-corrected chi connectivity index (χ3v) is 3.68. The Balaban J connectivity index is 1.67. The highest BCUT2D eigenvalue weighted by Crippen LogP contribution is 2.16. The van der Waals surface area contributed by atoms with Crippen molar-refractivity contribution < 1.29 is 14.5 Å². The van der Waals surface area contributed by atoms with Crippen molar-refractivity contribution in [3.05, 3.63) is 63.7 Å². The van der Waals surface area contributed by atoms with Crippen LogP contribution in [-0.4, -0.2) is 22.5 Å². The van der Waals surface area contributed by atoms with Gasteiger partial charge in [0.2, 0.25) is 5.91 Å². The first kappa shape index (κ1) is 19.6. The molecule has 9 heteroatoms. The Morgan fingerprint density at radius 2 is 1.81 bits per heavy atom. The summed E-state index contributed by atoms with van der Waals surface area (Å²) in [5.74, 6) is 0.439. The monoisotopic (exact) mass is 393 g/mol. The van der Waals surface area contributed by atoms with E-state index < -0.39 is 4.92 Å². The number of benzene rings is 2. The maximum atomic E-state index is 11.8. The predicted octanol–water partition coefficient (Wildman–Crippen LogP) is 3.92. The van der Waals surface area contributed by atoms with Gasteiger partial charge in [0.15, 0.2) is 5.11 Å². The Kier molecular flexibility index (Phi) is 7.31. The highest BCUT2D eigenvalue weighted by atomic mass is 35.5. The molecular formula is C17H16ClN3O4S. The minimum absolute atomic E-state index is 0.0220. The van der Waals surface area contributed by atoms with Gasteiger partial charge in [0.1, 0.15) is 5.75 Å².